The second kappa shape index (κ2) is 190. The van der Waals surface area contributed by atoms with E-state index in [1.807, 2.05) is 76.2 Å². The number of hydrogen-bond acceptors (Lipinski definition) is 10. The molecule has 0 saturated carbocycles. The molecular formula is C40H40N4O18Re4-4. The Bertz CT molecular complexity index is 1240. The molecule has 0 aliphatic heterocycles. The largest absolute Gasteiger partial charge is 0.870 e. The van der Waals surface area contributed by atoms with Gasteiger partial charge >= 0.3 is 136 Å². The monoisotopic (exact) mass is 1610 g/mol. The maximum absolute atomic E-state index is 7.50. The van der Waals surface area contributed by atoms with Crippen molar-refractivity contribution < 1.29 is 169 Å². The van der Waals surface area contributed by atoms with Gasteiger partial charge in [0.2, 0.25) is 0 Å². The third kappa shape index (κ3) is 131. The maximum atomic E-state index is 7.50. The molecule has 0 fully saturated rings. The van der Waals surface area contributed by atoms with Crippen LogP contribution in [0.3, 0.4) is 0 Å². The van der Waals surface area contributed by atoms with Gasteiger partial charge in [-0.1, -0.05) is 0 Å². The molecule has 4 heterocycles. The first-order valence-corrected chi connectivity index (χ1v) is 14.0. The van der Waals surface area contributed by atoms with Crippen molar-refractivity contribution in [2.75, 3.05) is 26.4 Å². The van der Waals surface area contributed by atoms with E-state index in [0.717, 1.165) is 26.4 Å². The van der Waals surface area contributed by atoms with Gasteiger partial charge in [-0.25, -0.2) is 0 Å². The van der Waals surface area contributed by atoms with E-state index in [4.69, 9.17) is 65.3 Å². The Morgan fingerprint density at radius 2 is 0.364 bits per heavy atom. The predicted octanol–water partition coefficient (Wildman–Crippen LogP) is 5.21. The summed E-state index contributed by atoms with van der Waals surface area (Å²) in [6.07, 6.45) is 14.3. The van der Waals surface area contributed by atoms with Crippen LogP contribution in [-0.4, -0.2) is 68.3 Å². The summed E-state index contributed by atoms with van der Waals surface area (Å²) in [5.74, 6) is 0. The van der Waals surface area contributed by atoms with Crippen LogP contribution in [0.25, 0.3) is 22.3 Å². The van der Waals surface area contributed by atoms with Crippen molar-refractivity contribution >= 4 is 0 Å². The second-order valence-electron chi connectivity index (χ2n) is 6.51. The quantitative estimate of drug-likeness (QED) is 0.179. The first kappa shape index (κ1) is 131. The molecule has 4 aromatic heterocycles. The molecule has 360 valence electrons. The average molecular weight is 1610 g/mol. The van der Waals surface area contributed by atoms with Gasteiger partial charge in [0.25, 0.3) is 0 Å². The summed E-state index contributed by atoms with van der Waals surface area (Å²) in [6, 6.07) is 15.9. The number of ether oxygens (including phenoxy) is 2. The van der Waals surface area contributed by atoms with E-state index in [1.165, 1.54) is 22.3 Å². The molecule has 0 unspecified atom stereocenters. The Hall–Kier alpha value is -4.11. The fourth-order valence-corrected chi connectivity index (χ4v) is 2.59. The first-order chi connectivity index (χ1) is 28.8. The minimum absolute atomic E-state index is 0. The molecule has 4 rings (SSSR count). The number of nitrogens with zero attached hydrogens (tertiary/aromatic N) is 4. The van der Waals surface area contributed by atoms with Crippen LogP contribution in [0.5, 0.6) is 0 Å². The van der Waals surface area contributed by atoms with Gasteiger partial charge in [0.1, 0.15) is 0 Å². The summed E-state index contributed by atoms with van der Waals surface area (Å²) in [7, 11) is 0. The third-order valence-corrected chi connectivity index (χ3v) is 4.20. The van der Waals surface area contributed by atoms with E-state index in [1.54, 1.807) is 49.6 Å². The van der Waals surface area contributed by atoms with Crippen LogP contribution in [0.4, 0.5) is 0 Å². The zero-order valence-corrected chi connectivity index (χ0v) is 45.7. The summed E-state index contributed by atoms with van der Waals surface area (Å²) >= 11 is 0. The van der Waals surface area contributed by atoms with E-state index < -0.39 is 0 Å². The Morgan fingerprint density at radius 1 is 0.273 bits per heavy atom. The zero-order chi connectivity index (χ0) is 48.7. The molecule has 66 heavy (non-hydrogen) atoms. The van der Waals surface area contributed by atoms with Gasteiger partial charge in [0, 0.05) is 158 Å². The van der Waals surface area contributed by atoms with Crippen LogP contribution in [-0.2, 0) is 147 Å². The summed E-state index contributed by atoms with van der Waals surface area (Å²) in [6.45, 7) is 65.3. The zero-order valence-electron chi connectivity index (χ0n) is 34.9. The number of aromatic nitrogens is 4. The molecule has 0 aliphatic rings. The van der Waals surface area contributed by atoms with Gasteiger partial charge < -0.3 is 31.4 Å². The molecule has 22 nitrogen and oxygen atoms in total. The summed E-state index contributed by atoms with van der Waals surface area (Å²) < 4.78 is 99.7. The molecule has 4 aromatic rings. The molecule has 0 saturated heterocycles. The summed E-state index contributed by atoms with van der Waals surface area (Å²) in [4.78, 5) is 15.8. The van der Waals surface area contributed by atoms with E-state index in [9.17, 15) is 0 Å². The topological polar surface area (TPSA) is 429 Å². The molecule has 0 spiro atoms. The van der Waals surface area contributed by atoms with Crippen LogP contribution in [0.1, 0.15) is 27.7 Å². The SMILES string of the molecule is CCOCC.CCOCC.[C-]#[O+].[C-]#[O+].[C-]#[O+].[C-]#[O+].[C-]#[O+].[C-]#[O+].[C-]#[O+].[C-]#[O+].[C-]#[O+].[C-]#[O+].[C-]#[O+].[C-]#[O+].[OH-].[OH-].[OH-].[OH-].[Re].[Re].[Re].[Re].c1cc(-c2ccncc2)ccn1.c1cc(-c2ccncc2)ccn1. The van der Waals surface area contributed by atoms with Crippen LogP contribution in [0, 0.1) is 79.8 Å². The maximum Gasteiger partial charge on any atom is 0.0273 e. The Kier molecular flexibility index (Phi) is 377. The average Bonchev–Trinajstić information content (AvgIpc) is 3.39. The van der Waals surface area contributed by atoms with Gasteiger partial charge in [-0.3, -0.25) is 19.9 Å². The van der Waals surface area contributed by atoms with E-state index in [0.29, 0.717) is 0 Å². The fourth-order valence-electron chi connectivity index (χ4n) is 2.59. The molecule has 0 bridgehead atoms. The standard InChI is InChI=1S/2C10H8N2.2C4H10O.12CO.4H2O.4Re/c2*1-5-11-6-2-9(1)10-3-7-12-8-4-10;2*1-3-5-4-2;12*1-2;;;;;;;;/h2*1-8H;2*3-4H2,1-2H3;;;;;;;;;;;;;4*1H2;;;;/p-4. The van der Waals surface area contributed by atoms with Gasteiger partial charge in [-0.15, -0.1) is 0 Å². The fraction of sp³-hybridized carbons (Fsp3) is 0.200. The second-order valence-corrected chi connectivity index (χ2v) is 6.51. The van der Waals surface area contributed by atoms with Gasteiger partial charge in [0.05, 0.1) is 0 Å². The molecule has 4 N–H and O–H groups in total. The van der Waals surface area contributed by atoms with Gasteiger partial charge in [0.15, 0.2) is 0 Å². The van der Waals surface area contributed by atoms with Crippen molar-refractivity contribution in [3.63, 3.8) is 0 Å². The van der Waals surface area contributed by atoms with Crippen LogP contribution in [0.2, 0.25) is 0 Å². The number of pyridine rings is 4. The smallest absolute Gasteiger partial charge is 0.0273 e. The first-order valence-electron chi connectivity index (χ1n) is 14.0. The van der Waals surface area contributed by atoms with Crippen molar-refractivity contribution in [3.05, 3.63) is 178 Å². The van der Waals surface area contributed by atoms with Gasteiger partial charge in [-0.2, -0.15) is 0 Å². The van der Waals surface area contributed by atoms with Crippen molar-refractivity contribution in [1.29, 1.82) is 0 Å². The molecule has 0 aromatic carbocycles. The van der Waals surface area contributed by atoms with E-state index >= 15 is 0 Å². The molecule has 4 radical (unpaired) electrons. The molecular weight excluding hydrogens is 1570 g/mol. The number of hydrogen-bond donors (Lipinski definition) is 0. The predicted molar refractivity (Wildman–Crippen MR) is 194 cm³/mol. The molecule has 26 heteroatoms. The van der Waals surface area contributed by atoms with Gasteiger partial charge in [-0.05, 0) is 98.5 Å². The normalized spacial score (nSPS) is 5.15. The van der Waals surface area contributed by atoms with Crippen LogP contribution in [0.15, 0.2) is 98.1 Å². The minimum Gasteiger partial charge on any atom is -0.870 e. The molecule has 0 atom stereocenters. The number of rotatable bonds is 6. The molecule has 0 aliphatic carbocycles. The van der Waals surface area contributed by atoms with E-state index in [-0.39, 0.29) is 104 Å². The van der Waals surface area contributed by atoms with Crippen molar-refractivity contribution in [2.45, 2.75) is 27.7 Å². The Balaban J connectivity index is -0.0000000204. The summed E-state index contributed by atoms with van der Waals surface area (Å²) in [5.41, 5.74) is 4.69. The Labute approximate surface area is 440 Å². The Morgan fingerprint density at radius 3 is 0.424 bits per heavy atom. The van der Waals surface area contributed by atoms with Crippen LogP contribution >= 0.6 is 0 Å². The minimum atomic E-state index is 0. The van der Waals surface area contributed by atoms with Crippen molar-refractivity contribution in [2.24, 2.45) is 0 Å². The summed E-state index contributed by atoms with van der Waals surface area (Å²) in [5, 5.41) is 0. The molecule has 0 amide bonds. The van der Waals surface area contributed by atoms with Crippen molar-refractivity contribution in [3.8, 4) is 22.3 Å². The third-order valence-electron chi connectivity index (χ3n) is 4.20. The van der Waals surface area contributed by atoms with Crippen LogP contribution < -0.4 is 0 Å². The van der Waals surface area contributed by atoms with Crippen molar-refractivity contribution in [1.82, 2.24) is 19.9 Å². The van der Waals surface area contributed by atoms with E-state index in [2.05, 4.69) is 99.7 Å².